The third-order valence-electron chi connectivity index (χ3n) is 6.18. The number of sulfonamides is 1. The fourth-order valence-corrected chi connectivity index (χ4v) is 5.65. The van der Waals surface area contributed by atoms with E-state index in [9.17, 15) is 22.4 Å². The van der Waals surface area contributed by atoms with Crippen molar-refractivity contribution in [1.29, 1.82) is 0 Å². The first kappa shape index (κ1) is 29.6. The monoisotopic (exact) mass is 555 g/mol. The Morgan fingerprint density at radius 3 is 2.23 bits per heavy atom. The van der Waals surface area contributed by atoms with E-state index < -0.39 is 34.3 Å². The van der Waals surface area contributed by atoms with Crippen LogP contribution < -0.4 is 14.4 Å². The van der Waals surface area contributed by atoms with Gasteiger partial charge in [0, 0.05) is 13.6 Å². The van der Waals surface area contributed by atoms with E-state index in [0.29, 0.717) is 18.8 Å². The smallest absolute Gasteiger partial charge is 0.264 e. The Labute approximate surface area is 229 Å². The van der Waals surface area contributed by atoms with Crippen LogP contribution in [0.15, 0.2) is 77.7 Å². The van der Waals surface area contributed by atoms with Gasteiger partial charge in [0.15, 0.2) is 0 Å². The Kier molecular flexibility index (Phi) is 10.1. The van der Waals surface area contributed by atoms with Gasteiger partial charge in [-0.25, -0.2) is 12.8 Å². The molecule has 1 atom stereocenters. The highest BCUT2D eigenvalue weighted by Gasteiger charge is 2.33. The first-order chi connectivity index (χ1) is 18.6. The van der Waals surface area contributed by atoms with Crippen LogP contribution in [0, 0.1) is 12.7 Å². The van der Waals surface area contributed by atoms with E-state index in [1.54, 1.807) is 6.92 Å². The standard InChI is InChI=1S/C29H34FN3O5S/c1-5-27(29(35)31-4)32(19-22-9-7-8-21(3)18-22)28(34)20-33(24-12-10-23(30)11-13-24)39(36,37)26-16-14-25(15-17-26)38-6-2/h7-18,27H,5-6,19-20H2,1-4H3,(H,31,35)/t27-/m1/s1. The van der Waals surface area contributed by atoms with Crippen molar-refractivity contribution < 1.29 is 27.1 Å². The van der Waals surface area contributed by atoms with Crippen LogP contribution in [0.1, 0.15) is 31.4 Å². The molecule has 0 fully saturated rings. The number of nitrogens with one attached hydrogen (secondary N) is 1. The van der Waals surface area contributed by atoms with Gasteiger partial charge < -0.3 is 15.0 Å². The Hall–Kier alpha value is -3.92. The zero-order chi connectivity index (χ0) is 28.6. The van der Waals surface area contributed by atoms with Gasteiger partial charge in [0.05, 0.1) is 17.2 Å². The summed E-state index contributed by atoms with van der Waals surface area (Å²) in [6.45, 7) is 5.45. The van der Waals surface area contributed by atoms with Gasteiger partial charge in [-0.05, 0) is 74.4 Å². The van der Waals surface area contributed by atoms with E-state index in [-0.39, 0.29) is 23.0 Å². The quantitative estimate of drug-likeness (QED) is 0.360. The number of hydrogen-bond acceptors (Lipinski definition) is 5. The van der Waals surface area contributed by atoms with E-state index >= 15 is 0 Å². The molecule has 0 aliphatic rings. The topological polar surface area (TPSA) is 96.0 Å². The first-order valence-corrected chi connectivity index (χ1v) is 14.1. The number of likely N-dealkylation sites (N-methyl/N-ethyl adjacent to an activating group) is 1. The molecule has 8 nitrogen and oxygen atoms in total. The van der Waals surface area contributed by atoms with Gasteiger partial charge in [-0.2, -0.15) is 0 Å². The van der Waals surface area contributed by atoms with Gasteiger partial charge in [0.2, 0.25) is 11.8 Å². The van der Waals surface area contributed by atoms with Gasteiger partial charge >= 0.3 is 0 Å². The lowest BCUT2D eigenvalue weighted by Crippen LogP contribution is -2.51. The number of carbonyl (C=O) groups excluding carboxylic acids is 2. The summed E-state index contributed by atoms with van der Waals surface area (Å²) in [5.74, 6) is -0.983. The predicted molar refractivity (Wildman–Crippen MR) is 148 cm³/mol. The van der Waals surface area contributed by atoms with Crippen LogP contribution in [0.5, 0.6) is 5.75 Å². The molecule has 39 heavy (non-hydrogen) atoms. The molecule has 0 heterocycles. The maximum Gasteiger partial charge on any atom is 0.264 e. The number of benzene rings is 3. The number of hydrogen-bond donors (Lipinski definition) is 1. The summed E-state index contributed by atoms with van der Waals surface area (Å²) < 4.78 is 47.7. The third kappa shape index (κ3) is 7.35. The van der Waals surface area contributed by atoms with Crippen molar-refractivity contribution in [3.63, 3.8) is 0 Å². The lowest BCUT2D eigenvalue weighted by molar-refractivity contribution is -0.140. The van der Waals surface area contributed by atoms with Crippen molar-refractivity contribution in [3.8, 4) is 5.75 Å². The molecule has 0 spiro atoms. The SMILES string of the molecule is CCOc1ccc(S(=O)(=O)N(CC(=O)N(Cc2cccc(C)c2)[C@H](CC)C(=O)NC)c2ccc(F)cc2)cc1. The van der Waals surface area contributed by atoms with Crippen LogP contribution in [0.3, 0.4) is 0 Å². The molecule has 3 rings (SSSR count). The number of anilines is 1. The Bertz CT molecular complexity index is 1380. The summed E-state index contributed by atoms with van der Waals surface area (Å²) in [5.41, 5.74) is 1.90. The average Bonchev–Trinajstić information content (AvgIpc) is 2.92. The number of halogens is 1. The molecule has 10 heteroatoms. The summed E-state index contributed by atoms with van der Waals surface area (Å²) >= 11 is 0. The second-order valence-electron chi connectivity index (χ2n) is 8.94. The van der Waals surface area contributed by atoms with E-state index in [1.165, 1.54) is 48.3 Å². The average molecular weight is 556 g/mol. The van der Waals surface area contributed by atoms with Crippen LogP contribution in [-0.2, 0) is 26.2 Å². The molecule has 0 aliphatic carbocycles. The largest absolute Gasteiger partial charge is 0.494 e. The number of carbonyl (C=O) groups is 2. The molecule has 0 radical (unpaired) electrons. The fourth-order valence-electron chi connectivity index (χ4n) is 4.23. The highest BCUT2D eigenvalue weighted by Crippen LogP contribution is 2.26. The van der Waals surface area contributed by atoms with Gasteiger partial charge in [-0.1, -0.05) is 36.8 Å². The van der Waals surface area contributed by atoms with Gasteiger partial charge in [-0.3, -0.25) is 13.9 Å². The van der Waals surface area contributed by atoms with Gasteiger partial charge in [-0.15, -0.1) is 0 Å². The Morgan fingerprint density at radius 1 is 1.00 bits per heavy atom. The first-order valence-electron chi connectivity index (χ1n) is 12.7. The zero-order valence-electron chi connectivity index (χ0n) is 22.6. The number of rotatable bonds is 12. The van der Waals surface area contributed by atoms with Gasteiger partial charge in [0.25, 0.3) is 10.0 Å². The maximum absolute atomic E-state index is 13.9. The Balaban J connectivity index is 2.04. The fraction of sp³-hybridized carbons (Fsp3) is 0.310. The molecule has 0 saturated carbocycles. The molecular weight excluding hydrogens is 521 g/mol. The van der Waals surface area contributed by atoms with Crippen molar-refractivity contribution in [1.82, 2.24) is 10.2 Å². The number of nitrogens with zero attached hydrogens (tertiary/aromatic N) is 2. The van der Waals surface area contributed by atoms with Crippen molar-refractivity contribution >= 4 is 27.5 Å². The van der Waals surface area contributed by atoms with E-state index in [4.69, 9.17) is 4.74 Å². The molecule has 208 valence electrons. The number of ether oxygens (including phenoxy) is 1. The second kappa shape index (κ2) is 13.2. The molecule has 0 aliphatic heterocycles. The number of amides is 2. The van der Waals surface area contributed by atoms with Gasteiger partial charge in [0.1, 0.15) is 24.2 Å². The van der Waals surface area contributed by atoms with Crippen LogP contribution >= 0.6 is 0 Å². The normalized spacial score (nSPS) is 11.9. The molecule has 0 saturated heterocycles. The summed E-state index contributed by atoms with van der Waals surface area (Å²) in [7, 11) is -2.77. The molecule has 0 unspecified atom stereocenters. The summed E-state index contributed by atoms with van der Waals surface area (Å²) in [6, 6.07) is 17.4. The summed E-state index contributed by atoms with van der Waals surface area (Å²) in [5, 5.41) is 2.59. The van der Waals surface area contributed by atoms with Crippen LogP contribution in [0.25, 0.3) is 0 Å². The summed E-state index contributed by atoms with van der Waals surface area (Å²) in [6.07, 6.45) is 0.319. The van der Waals surface area contributed by atoms with E-state index in [2.05, 4.69) is 5.32 Å². The minimum atomic E-state index is -4.26. The van der Waals surface area contributed by atoms with Crippen LogP contribution in [0.2, 0.25) is 0 Å². The number of aryl methyl sites for hydroxylation is 1. The highest BCUT2D eigenvalue weighted by atomic mass is 32.2. The molecular formula is C29H34FN3O5S. The molecule has 1 N–H and O–H groups in total. The minimum absolute atomic E-state index is 0.0633. The maximum atomic E-state index is 13.9. The van der Waals surface area contributed by atoms with E-state index in [0.717, 1.165) is 27.6 Å². The molecule has 3 aromatic carbocycles. The predicted octanol–water partition coefficient (Wildman–Crippen LogP) is 4.28. The van der Waals surface area contributed by atoms with Crippen molar-refractivity contribution in [2.24, 2.45) is 0 Å². The van der Waals surface area contributed by atoms with Crippen molar-refractivity contribution in [2.45, 2.75) is 44.7 Å². The second-order valence-corrected chi connectivity index (χ2v) is 10.8. The summed E-state index contributed by atoms with van der Waals surface area (Å²) in [4.78, 5) is 27.9. The van der Waals surface area contributed by atoms with Crippen LogP contribution in [0.4, 0.5) is 10.1 Å². The molecule has 0 bridgehead atoms. The highest BCUT2D eigenvalue weighted by molar-refractivity contribution is 7.92. The molecule has 3 aromatic rings. The molecule has 0 aromatic heterocycles. The van der Waals surface area contributed by atoms with E-state index in [1.807, 2.05) is 38.1 Å². The zero-order valence-corrected chi connectivity index (χ0v) is 23.4. The lowest BCUT2D eigenvalue weighted by atomic mass is 10.1. The minimum Gasteiger partial charge on any atom is -0.494 e. The van der Waals surface area contributed by atoms with Crippen molar-refractivity contribution in [2.75, 3.05) is 24.5 Å². The molecule has 2 amide bonds. The lowest BCUT2D eigenvalue weighted by Gasteiger charge is -2.33. The third-order valence-corrected chi connectivity index (χ3v) is 7.97. The Morgan fingerprint density at radius 2 is 1.67 bits per heavy atom. The van der Waals surface area contributed by atoms with Crippen molar-refractivity contribution in [3.05, 3.63) is 89.7 Å². The van der Waals surface area contributed by atoms with Crippen LogP contribution in [-0.4, -0.2) is 51.4 Å².